The number of amides is 2. The molecule has 8 nitrogen and oxygen atoms in total. The van der Waals surface area contributed by atoms with Gasteiger partial charge in [0, 0.05) is 17.8 Å². The normalized spacial score (nSPS) is 13.2. The second kappa shape index (κ2) is 9.40. The third-order valence-electron chi connectivity index (χ3n) is 5.70. The van der Waals surface area contributed by atoms with Crippen molar-refractivity contribution in [1.82, 2.24) is 19.9 Å². The van der Waals surface area contributed by atoms with E-state index >= 15 is 0 Å². The summed E-state index contributed by atoms with van der Waals surface area (Å²) in [6.07, 6.45) is 6.36. The smallest absolute Gasteiger partial charge is 0.262 e. The number of hydrogen-bond donors (Lipinski definition) is 2. The molecule has 3 aromatic heterocycles. The summed E-state index contributed by atoms with van der Waals surface area (Å²) in [6, 6.07) is 7.71. The molecule has 0 saturated heterocycles. The Balaban J connectivity index is 1.12. The number of thiazole rings is 1. The average Bonchev–Trinajstić information content (AvgIpc) is 3.39. The van der Waals surface area contributed by atoms with Gasteiger partial charge in [0.25, 0.3) is 5.56 Å². The zero-order chi connectivity index (χ0) is 22.8. The summed E-state index contributed by atoms with van der Waals surface area (Å²) < 4.78 is 2.39. The van der Waals surface area contributed by atoms with Crippen molar-refractivity contribution in [3.05, 3.63) is 51.4 Å². The van der Waals surface area contributed by atoms with Gasteiger partial charge in [-0.2, -0.15) is 0 Å². The van der Waals surface area contributed by atoms with Crippen LogP contribution in [-0.2, 0) is 29.0 Å². The van der Waals surface area contributed by atoms with Gasteiger partial charge in [-0.05, 0) is 49.8 Å². The summed E-state index contributed by atoms with van der Waals surface area (Å²) in [6.45, 7) is 0.272. The van der Waals surface area contributed by atoms with Gasteiger partial charge in [-0.3, -0.25) is 19.0 Å². The fraction of sp³-hybridized carbons (Fsp3) is 0.348. The number of rotatable bonds is 7. The average molecular weight is 482 g/mol. The summed E-state index contributed by atoms with van der Waals surface area (Å²) >= 11 is 3.03. The zero-order valence-electron chi connectivity index (χ0n) is 17.9. The summed E-state index contributed by atoms with van der Waals surface area (Å²) in [4.78, 5) is 48.3. The number of hydrogen-bond acceptors (Lipinski definition) is 7. The first-order valence-corrected chi connectivity index (χ1v) is 12.6. The lowest BCUT2D eigenvalue weighted by Crippen LogP contribution is -2.33. The molecule has 2 N–H and O–H groups in total. The number of fused-ring (bicyclic) bond motifs is 4. The highest BCUT2D eigenvalue weighted by atomic mass is 32.1. The van der Waals surface area contributed by atoms with Crippen molar-refractivity contribution in [2.24, 2.45) is 0 Å². The number of nitrogens with zero attached hydrogens (tertiary/aromatic N) is 3. The minimum Gasteiger partial charge on any atom is -0.355 e. The van der Waals surface area contributed by atoms with Crippen LogP contribution in [0.25, 0.3) is 20.4 Å². The third kappa shape index (κ3) is 4.67. The molecule has 1 aliphatic rings. The van der Waals surface area contributed by atoms with Gasteiger partial charge in [-0.15, -0.1) is 11.3 Å². The van der Waals surface area contributed by atoms with Gasteiger partial charge in [0.2, 0.25) is 11.8 Å². The fourth-order valence-corrected chi connectivity index (χ4v) is 6.19. The largest absolute Gasteiger partial charge is 0.355 e. The lowest BCUT2D eigenvalue weighted by molar-refractivity contribution is -0.122. The predicted molar refractivity (Wildman–Crippen MR) is 131 cm³/mol. The molecule has 0 radical (unpaired) electrons. The monoisotopic (exact) mass is 481 g/mol. The molecule has 5 rings (SSSR count). The van der Waals surface area contributed by atoms with E-state index in [9.17, 15) is 14.4 Å². The van der Waals surface area contributed by atoms with Crippen molar-refractivity contribution in [2.75, 3.05) is 11.9 Å². The van der Waals surface area contributed by atoms with E-state index in [0.29, 0.717) is 23.5 Å². The minimum atomic E-state index is -0.270. The molecular weight excluding hydrogens is 458 g/mol. The Labute approximate surface area is 197 Å². The molecule has 10 heteroatoms. The van der Waals surface area contributed by atoms with Gasteiger partial charge >= 0.3 is 0 Å². The Hall–Kier alpha value is -3.11. The molecule has 0 spiro atoms. The first-order chi connectivity index (χ1) is 16.1. The number of thiophene rings is 1. The Kier molecular flexibility index (Phi) is 6.19. The number of aryl methyl sites for hydroxylation is 2. The van der Waals surface area contributed by atoms with E-state index in [2.05, 4.69) is 20.6 Å². The van der Waals surface area contributed by atoms with Gasteiger partial charge in [0.05, 0.1) is 21.9 Å². The second-order valence-electron chi connectivity index (χ2n) is 8.06. The van der Waals surface area contributed by atoms with E-state index in [0.717, 1.165) is 46.3 Å². The molecule has 170 valence electrons. The maximum absolute atomic E-state index is 12.9. The van der Waals surface area contributed by atoms with Gasteiger partial charge in [-0.1, -0.05) is 23.5 Å². The second-order valence-corrected chi connectivity index (χ2v) is 10.2. The van der Waals surface area contributed by atoms with E-state index in [1.54, 1.807) is 11.3 Å². The third-order valence-corrected chi connectivity index (χ3v) is 7.85. The molecular formula is C23H23N5O3S2. The number of anilines is 1. The maximum Gasteiger partial charge on any atom is 0.262 e. The minimum absolute atomic E-state index is 0.0791. The summed E-state index contributed by atoms with van der Waals surface area (Å²) in [5.74, 6) is -0.412. The van der Waals surface area contributed by atoms with Crippen molar-refractivity contribution in [1.29, 1.82) is 0 Å². The fourth-order valence-electron chi connectivity index (χ4n) is 4.09. The number of para-hydroxylation sites is 1. The number of carbonyl (C=O) groups is 2. The van der Waals surface area contributed by atoms with Crippen molar-refractivity contribution >= 4 is 60.1 Å². The van der Waals surface area contributed by atoms with E-state index in [-0.39, 0.29) is 30.3 Å². The zero-order valence-corrected chi connectivity index (χ0v) is 19.6. The van der Waals surface area contributed by atoms with Crippen molar-refractivity contribution in [3.63, 3.8) is 0 Å². The van der Waals surface area contributed by atoms with Crippen LogP contribution in [-0.4, -0.2) is 32.9 Å². The van der Waals surface area contributed by atoms with Gasteiger partial charge < -0.3 is 10.6 Å². The number of nitrogens with one attached hydrogen (secondary N) is 2. The van der Waals surface area contributed by atoms with E-state index in [1.165, 1.54) is 27.1 Å². The molecule has 0 bridgehead atoms. The van der Waals surface area contributed by atoms with E-state index in [1.807, 2.05) is 24.3 Å². The SMILES string of the molecule is O=C(Cn1cnc2sc3c(c2c1=O)CCCC3)NCCCC(=O)Nc1nc2ccccc2s1. The quantitative estimate of drug-likeness (QED) is 0.393. The van der Waals surface area contributed by atoms with Gasteiger partial charge in [0.1, 0.15) is 11.4 Å². The predicted octanol–water partition coefficient (Wildman–Crippen LogP) is 3.48. The highest BCUT2D eigenvalue weighted by molar-refractivity contribution is 7.22. The summed E-state index contributed by atoms with van der Waals surface area (Å²) in [7, 11) is 0. The van der Waals surface area contributed by atoms with Crippen LogP contribution in [0.5, 0.6) is 0 Å². The maximum atomic E-state index is 12.9. The Morgan fingerprint density at radius 3 is 2.82 bits per heavy atom. The highest BCUT2D eigenvalue weighted by Gasteiger charge is 2.20. The molecule has 0 saturated carbocycles. The summed E-state index contributed by atoms with van der Waals surface area (Å²) in [5, 5.41) is 6.85. The molecule has 3 heterocycles. The molecule has 0 fully saturated rings. The molecule has 2 amide bonds. The topological polar surface area (TPSA) is 106 Å². The van der Waals surface area contributed by atoms with Crippen LogP contribution in [0.2, 0.25) is 0 Å². The molecule has 0 unspecified atom stereocenters. The van der Waals surface area contributed by atoms with Gasteiger partial charge in [-0.25, -0.2) is 9.97 Å². The first kappa shape index (κ1) is 21.7. The Morgan fingerprint density at radius 2 is 1.94 bits per heavy atom. The lowest BCUT2D eigenvalue weighted by Gasteiger charge is -2.10. The molecule has 0 atom stereocenters. The molecule has 33 heavy (non-hydrogen) atoms. The molecule has 1 aromatic carbocycles. The highest BCUT2D eigenvalue weighted by Crippen LogP contribution is 2.33. The van der Waals surface area contributed by atoms with Crippen molar-refractivity contribution in [3.8, 4) is 0 Å². The van der Waals surface area contributed by atoms with Crippen LogP contribution in [0.1, 0.15) is 36.1 Å². The number of aromatic nitrogens is 3. The Morgan fingerprint density at radius 1 is 1.09 bits per heavy atom. The van der Waals surface area contributed by atoms with Crippen LogP contribution in [0, 0.1) is 0 Å². The molecule has 0 aliphatic heterocycles. The first-order valence-electron chi connectivity index (χ1n) is 11.0. The number of carbonyl (C=O) groups excluding carboxylic acids is 2. The standard InChI is InChI=1S/C23H23N5O3S2/c29-18(27-23-26-15-7-2-4-9-17(15)33-23)10-5-11-24-19(30)12-28-13-25-21-20(22(28)31)14-6-1-3-8-16(14)32-21/h2,4,7,9,13H,1,3,5-6,8,10-12H2,(H,24,30)(H,26,27,29). The van der Waals surface area contributed by atoms with Crippen LogP contribution < -0.4 is 16.2 Å². The molecule has 1 aliphatic carbocycles. The van der Waals surface area contributed by atoms with Crippen molar-refractivity contribution in [2.45, 2.75) is 45.1 Å². The number of benzene rings is 1. The lowest BCUT2D eigenvalue weighted by atomic mass is 9.97. The van der Waals surface area contributed by atoms with Crippen LogP contribution in [0.4, 0.5) is 5.13 Å². The van der Waals surface area contributed by atoms with Crippen LogP contribution in [0.15, 0.2) is 35.4 Å². The van der Waals surface area contributed by atoms with E-state index < -0.39 is 0 Å². The van der Waals surface area contributed by atoms with Crippen molar-refractivity contribution < 1.29 is 9.59 Å². The summed E-state index contributed by atoms with van der Waals surface area (Å²) in [5.41, 5.74) is 1.83. The molecule has 4 aromatic rings. The van der Waals surface area contributed by atoms with Crippen LogP contribution >= 0.6 is 22.7 Å². The Bertz CT molecular complexity index is 1370. The van der Waals surface area contributed by atoms with Gasteiger partial charge in [0.15, 0.2) is 5.13 Å². The van der Waals surface area contributed by atoms with Crippen LogP contribution in [0.3, 0.4) is 0 Å². The van der Waals surface area contributed by atoms with E-state index in [4.69, 9.17) is 0 Å².